The quantitative estimate of drug-likeness (QED) is 0.691. The van der Waals surface area contributed by atoms with E-state index in [1.807, 2.05) is 30.3 Å². The third-order valence-corrected chi connectivity index (χ3v) is 3.17. The molecule has 3 N–H and O–H groups in total. The maximum absolute atomic E-state index is 11.6. The lowest BCUT2D eigenvalue weighted by molar-refractivity contribution is -0.120. The Labute approximate surface area is 108 Å². The lowest BCUT2D eigenvalue weighted by Gasteiger charge is -2.11. The molecule has 98 valence electrons. The molecule has 18 heavy (non-hydrogen) atoms. The van der Waals surface area contributed by atoms with Crippen LogP contribution in [0.2, 0.25) is 0 Å². The van der Waals surface area contributed by atoms with Gasteiger partial charge in [-0.25, -0.2) is 0 Å². The van der Waals surface area contributed by atoms with E-state index in [2.05, 4.69) is 16.0 Å². The summed E-state index contributed by atoms with van der Waals surface area (Å²) in [5, 5.41) is 9.49. The fraction of sp³-hybridized carbons (Fsp3) is 0.500. The van der Waals surface area contributed by atoms with Crippen molar-refractivity contribution in [2.24, 2.45) is 0 Å². The summed E-state index contributed by atoms with van der Waals surface area (Å²) in [6.45, 7) is 2.97. The molecule has 1 atom stereocenters. The van der Waals surface area contributed by atoms with Crippen LogP contribution in [0.4, 0.5) is 0 Å². The molecule has 1 aromatic carbocycles. The van der Waals surface area contributed by atoms with Gasteiger partial charge in [-0.1, -0.05) is 30.3 Å². The summed E-state index contributed by atoms with van der Waals surface area (Å²) in [6.07, 6.45) is 2.45. The van der Waals surface area contributed by atoms with Crippen molar-refractivity contribution in [3.8, 4) is 0 Å². The van der Waals surface area contributed by atoms with E-state index in [-0.39, 0.29) is 5.91 Å². The Hall–Kier alpha value is -1.39. The highest BCUT2D eigenvalue weighted by atomic mass is 16.1. The third kappa shape index (κ3) is 4.47. The van der Waals surface area contributed by atoms with Gasteiger partial charge in [-0.15, -0.1) is 0 Å². The van der Waals surface area contributed by atoms with E-state index in [0.717, 1.165) is 18.7 Å². The van der Waals surface area contributed by atoms with E-state index < -0.39 is 0 Å². The number of carbonyl (C=O) groups excluding carboxylic acids is 1. The summed E-state index contributed by atoms with van der Waals surface area (Å²) in [5.41, 5.74) is 1.13. The molecule has 0 aromatic heterocycles. The van der Waals surface area contributed by atoms with Crippen LogP contribution in [0.15, 0.2) is 30.3 Å². The van der Waals surface area contributed by atoms with Crippen molar-refractivity contribution in [3.05, 3.63) is 35.9 Å². The van der Waals surface area contributed by atoms with E-state index in [9.17, 15) is 4.79 Å². The smallest absolute Gasteiger partial charge is 0.234 e. The van der Waals surface area contributed by atoms with Crippen molar-refractivity contribution in [3.63, 3.8) is 0 Å². The van der Waals surface area contributed by atoms with Crippen molar-refractivity contribution in [1.82, 2.24) is 16.0 Å². The summed E-state index contributed by atoms with van der Waals surface area (Å²) in [4.78, 5) is 11.6. The first kappa shape index (κ1) is 13.1. The molecule has 1 aliphatic rings. The van der Waals surface area contributed by atoms with E-state index in [0.29, 0.717) is 19.1 Å². The van der Waals surface area contributed by atoms with Gasteiger partial charge < -0.3 is 16.0 Å². The van der Waals surface area contributed by atoms with Crippen LogP contribution in [0.1, 0.15) is 18.4 Å². The van der Waals surface area contributed by atoms with Gasteiger partial charge in [-0.05, 0) is 24.9 Å². The van der Waals surface area contributed by atoms with Gasteiger partial charge in [0.05, 0.1) is 6.54 Å². The van der Waals surface area contributed by atoms with Crippen molar-refractivity contribution in [1.29, 1.82) is 0 Å². The molecule has 1 heterocycles. The molecule has 4 heteroatoms. The average Bonchev–Trinajstić information content (AvgIpc) is 2.91. The first-order valence-corrected chi connectivity index (χ1v) is 6.59. The van der Waals surface area contributed by atoms with Crippen LogP contribution in [0.25, 0.3) is 0 Å². The molecule has 0 bridgehead atoms. The summed E-state index contributed by atoms with van der Waals surface area (Å²) in [5.74, 6) is 0.0526. The molecule has 0 spiro atoms. The lowest BCUT2D eigenvalue weighted by Crippen LogP contribution is -2.39. The van der Waals surface area contributed by atoms with Crippen LogP contribution < -0.4 is 16.0 Å². The zero-order valence-corrected chi connectivity index (χ0v) is 10.6. The van der Waals surface area contributed by atoms with Gasteiger partial charge in [-0.3, -0.25) is 4.79 Å². The highest BCUT2D eigenvalue weighted by molar-refractivity contribution is 5.77. The number of nitrogens with one attached hydrogen (secondary N) is 3. The maximum Gasteiger partial charge on any atom is 0.234 e. The van der Waals surface area contributed by atoms with Crippen LogP contribution in [0.3, 0.4) is 0 Å². The normalized spacial score (nSPS) is 18.8. The second kappa shape index (κ2) is 7.13. The minimum absolute atomic E-state index is 0.0526. The maximum atomic E-state index is 11.6. The molecule has 1 amide bonds. The first-order chi connectivity index (χ1) is 8.84. The Morgan fingerprint density at radius 1 is 1.33 bits per heavy atom. The van der Waals surface area contributed by atoms with Gasteiger partial charge in [0.15, 0.2) is 0 Å². The van der Waals surface area contributed by atoms with E-state index in [1.54, 1.807) is 0 Å². The van der Waals surface area contributed by atoms with Crippen LogP contribution in [0.5, 0.6) is 0 Å². The van der Waals surface area contributed by atoms with Gasteiger partial charge in [-0.2, -0.15) is 0 Å². The Kier molecular flexibility index (Phi) is 5.17. The minimum Gasteiger partial charge on any atom is -0.351 e. The monoisotopic (exact) mass is 247 g/mol. The van der Waals surface area contributed by atoms with Crippen LogP contribution in [-0.4, -0.2) is 31.6 Å². The predicted octanol–water partition coefficient (Wildman–Crippen LogP) is 0.644. The molecule has 0 radical (unpaired) electrons. The fourth-order valence-corrected chi connectivity index (χ4v) is 2.15. The molecule has 0 aliphatic carbocycles. The van der Waals surface area contributed by atoms with Crippen LogP contribution in [0, 0.1) is 0 Å². The molecular weight excluding hydrogens is 226 g/mol. The number of rotatable bonds is 6. The Bertz CT molecular complexity index is 361. The number of benzene rings is 1. The summed E-state index contributed by atoms with van der Waals surface area (Å²) < 4.78 is 0. The fourth-order valence-electron chi connectivity index (χ4n) is 2.15. The predicted molar refractivity (Wildman–Crippen MR) is 72.2 cm³/mol. The average molecular weight is 247 g/mol. The zero-order chi connectivity index (χ0) is 12.6. The highest BCUT2D eigenvalue weighted by Gasteiger charge is 2.13. The standard InChI is InChI=1S/C14H21N3O/c18-14(11-15-10-13-7-4-8-16-13)17-9-12-5-2-1-3-6-12/h1-3,5-6,13,15-16H,4,7-11H2,(H,17,18). The van der Waals surface area contributed by atoms with Gasteiger partial charge in [0, 0.05) is 19.1 Å². The number of hydrogen-bond acceptors (Lipinski definition) is 3. The SMILES string of the molecule is O=C(CNCC1CCCN1)NCc1ccccc1. The van der Waals surface area contributed by atoms with E-state index in [1.165, 1.54) is 12.8 Å². The first-order valence-electron chi connectivity index (χ1n) is 6.59. The number of carbonyl (C=O) groups is 1. The molecule has 2 rings (SSSR count). The van der Waals surface area contributed by atoms with Crippen molar-refractivity contribution in [2.75, 3.05) is 19.6 Å². The molecular formula is C14H21N3O. The summed E-state index contributed by atoms with van der Waals surface area (Å²) in [6, 6.07) is 10.5. The molecule has 1 saturated heterocycles. The molecule has 1 aromatic rings. The van der Waals surface area contributed by atoms with Crippen molar-refractivity contribution < 1.29 is 4.79 Å². The number of hydrogen-bond donors (Lipinski definition) is 3. The molecule has 1 unspecified atom stereocenters. The van der Waals surface area contributed by atoms with Gasteiger partial charge in [0.25, 0.3) is 0 Å². The van der Waals surface area contributed by atoms with Crippen LogP contribution in [-0.2, 0) is 11.3 Å². The van der Waals surface area contributed by atoms with Gasteiger partial charge in [0.2, 0.25) is 5.91 Å². The van der Waals surface area contributed by atoms with Crippen molar-refractivity contribution in [2.45, 2.75) is 25.4 Å². The van der Waals surface area contributed by atoms with E-state index in [4.69, 9.17) is 0 Å². The van der Waals surface area contributed by atoms with Crippen molar-refractivity contribution >= 4 is 5.91 Å². The van der Waals surface area contributed by atoms with Gasteiger partial charge in [0.1, 0.15) is 0 Å². The lowest BCUT2D eigenvalue weighted by atomic mass is 10.2. The molecule has 4 nitrogen and oxygen atoms in total. The molecule has 0 saturated carbocycles. The van der Waals surface area contributed by atoms with Crippen LogP contribution >= 0.6 is 0 Å². The molecule has 1 aliphatic heterocycles. The highest BCUT2D eigenvalue weighted by Crippen LogP contribution is 2.02. The Morgan fingerprint density at radius 2 is 2.17 bits per heavy atom. The minimum atomic E-state index is 0.0526. The molecule has 1 fully saturated rings. The second-order valence-electron chi connectivity index (χ2n) is 4.69. The topological polar surface area (TPSA) is 53.2 Å². The second-order valence-corrected chi connectivity index (χ2v) is 4.69. The largest absolute Gasteiger partial charge is 0.351 e. The summed E-state index contributed by atoms with van der Waals surface area (Å²) >= 11 is 0. The third-order valence-electron chi connectivity index (χ3n) is 3.17. The summed E-state index contributed by atoms with van der Waals surface area (Å²) in [7, 11) is 0. The Morgan fingerprint density at radius 3 is 2.89 bits per heavy atom. The Balaban J connectivity index is 1.57. The van der Waals surface area contributed by atoms with Gasteiger partial charge >= 0.3 is 0 Å². The zero-order valence-electron chi connectivity index (χ0n) is 10.6. The van der Waals surface area contributed by atoms with E-state index >= 15 is 0 Å². The number of amides is 1.